The molecule has 4 aromatic rings. The van der Waals surface area contributed by atoms with Crippen LogP contribution < -0.4 is 0 Å². The van der Waals surface area contributed by atoms with Crippen molar-refractivity contribution in [1.82, 2.24) is 0 Å². The van der Waals surface area contributed by atoms with E-state index in [0.29, 0.717) is 11.1 Å². The number of hydrogen-bond acceptors (Lipinski definition) is 2. The van der Waals surface area contributed by atoms with Gasteiger partial charge < -0.3 is 0 Å². The molecule has 0 unspecified atom stereocenters. The first-order valence-electron chi connectivity index (χ1n) is 9.64. The van der Waals surface area contributed by atoms with E-state index >= 15 is 0 Å². The minimum Gasteiger partial charge on any atom is -0.192 e. The summed E-state index contributed by atoms with van der Waals surface area (Å²) in [5.74, 6) is 0. The largest absolute Gasteiger partial charge is 0.192 e. The monoisotopic (exact) mass is 382 g/mol. The zero-order chi connectivity index (χ0) is 20.8. The van der Waals surface area contributed by atoms with E-state index in [-0.39, 0.29) is 0 Å². The van der Waals surface area contributed by atoms with E-state index in [1.54, 1.807) is 0 Å². The maximum absolute atomic E-state index is 8.90. The van der Waals surface area contributed by atoms with E-state index in [1.165, 1.54) is 10.8 Å². The van der Waals surface area contributed by atoms with E-state index in [9.17, 15) is 0 Å². The Bertz CT molecular complexity index is 1220. The summed E-state index contributed by atoms with van der Waals surface area (Å²) in [7, 11) is 0. The van der Waals surface area contributed by atoms with Crippen LogP contribution in [0.3, 0.4) is 0 Å². The second-order valence-electron chi connectivity index (χ2n) is 7.00. The molecule has 0 saturated carbocycles. The highest BCUT2D eigenvalue weighted by Gasteiger charge is 1.97. The highest BCUT2D eigenvalue weighted by atomic mass is 14.2. The molecule has 0 bridgehead atoms. The number of hydrogen-bond donors (Lipinski definition) is 0. The standard InChI is InChI=1S/C28H18N2/c29-19-25-9-3-21(4-10-25)1-7-23-13-15-27-16-14-24(18-28(27)17-23)8-2-22-5-11-26(20-30)12-6-22/h1-18H/b7-1+,8-2+. The van der Waals surface area contributed by atoms with Crippen LogP contribution in [0.15, 0.2) is 84.9 Å². The number of nitrogens with zero attached hydrogens (tertiary/aromatic N) is 2. The van der Waals surface area contributed by atoms with Crippen molar-refractivity contribution < 1.29 is 0 Å². The van der Waals surface area contributed by atoms with Gasteiger partial charge in [-0.15, -0.1) is 0 Å². The molecule has 0 radical (unpaired) electrons. The van der Waals surface area contributed by atoms with E-state index in [2.05, 4.69) is 72.8 Å². The third-order valence-corrected chi connectivity index (χ3v) is 4.90. The molecule has 0 aromatic heterocycles. The summed E-state index contributed by atoms with van der Waals surface area (Å²) >= 11 is 0. The summed E-state index contributed by atoms with van der Waals surface area (Å²) < 4.78 is 0. The van der Waals surface area contributed by atoms with Crippen molar-refractivity contribution in [3.05, 3.63) is 118 Å². The molecule has 140 valence electrons. The zero-order valence-electron chi connectivity index (χ0n) is 16.3. The molecule has 4 aromatic carbocycles. The van der Waals surface area contributed by atoms with Crippen molar-refractivity contribution in [3.8, 4) is 12.1 Å². The van der Waals surface area contributed by atoms with Gasteiger partial charge >= 0.3 is 0 Å². The van der Waals surface area contributed by atoms with Crippen molar-refractivity contribution in [2.24, 2.45) is 0 Å². The normalized spacial score (nSPS) is 11.0. The molecule has 0 fully saturated rings. The van der Waals surface area contributed by atoms with Crippen LogP contribution in [0.1, 0.15) is 33.4 Å². The fourth-order valence-electron chi connectivity index (χ4n) is 3.21. The molecule has 0 amide bonds. The fraction of sp³-hybridized carbons (Fsp3) is 0. The Hall–Kier alpha value is -4.40. The van der Waals surface area contributed by atoms with Gasteiger partial charge in [0.15, 0.2) is 0 Å². The summed E-state index contributed by atoms with van der Waals surface area (Å²) in [6, 6.07) is 32.2. The van der Waals surface area contributed by atoms with Gasteiger partial charge in [-0.3, -0.25) is 0 Å². The van der Waals surface area contributed by atoms with Gasteiger partial charge in [-0.2, -0.15) is 10.5 Å². The molecule has 0 aliphatic carbocycles. The van der Waals surface area contributed by atoms with Crippen LogP contribution in [-0.4, -0.2) is 0 Å². The minimum atomic E-state index is 0.666. The van der Waals surface area contributed by atoms with Gasteiger partial charge in [-0.05, 0) is 69.4 Å². The highest BCUT2D eigenvalue weighted by molar-refractivity contribution is 5.88. The Morgan fingerprint density at radius 2 is 0.800 bits per heavy atom. The molecule has 0 N–H and O–H groups in total. The average Bonchev–Trinajstić information content (AvgIpc) is 2.81. The lowest BCUT2D eigenvalue weighted by Crippen LogP contribution is -1.79. The van der Waals surface area contributed by atoms with Crippen LogP contribution in [0.2, 0.25) is 0 Å². The van der Waals surface area contributed by atoms with E-state index in [4.69, 9.17) is 10.5 Å². The van der Waals surface area contributed by atoms with Crippen LogP contribution >= 0.6 is 0 Å². The lowest BCUT2D eigenvalue weighted by atomic mass is 10.0. The van der Waals surface area contributed by atoms with Crippen molar-refractivity contribution in [2.45, 2.75) is 0 Å². The Labute approximate surface area is 176 Å². The molecule has 0 atom stereocenters. The lowest BCUT2D eigenvalue weighted by molar-refractivity contribution is 1.48. The predicted molar refractivity (Wildman–Crippen MR) is 124 cm³/mol. The summed E-state index contributed by atoms with van der Waals surface area (Å²) in [4.78, 5) is 0. The lowest BCUT2D eigenvalue weighted by Gasteiger charge is -2.02. The summed E-state index contributed by atoms with van der Waals surface area (Å²) in [6.07, 6.45) is 8.27. The van der Waals surface area contributed by atoms with Crippen molar-refractivity contribution in [2.75, 3.05) is 0 Å². The maximum atomic E-state index is 8.90. The quantitative estimate of drug-likeness (QED) is 0.359. The number of rotatable bonds is 4. The molecule has 0 aliphatic rings. The van der Waals surface area contributed by atoms with Gasteiger partial charge in [0, 0.05) is 0 Å². The van der Waals surface area contributed by atoms with Crippen LogP contribution in [0.4, 0.5) is 0 Å². The average molecular weight is 382 g/mol. The van der Waals surface area contributed by atoms with E-state index < -0.39 is 0 Å². The number of fused-ring (bicyclic) bond motifs is 1. The van der Waals surface area contributed by atoms with Gasteiger partial charge in [-0.25, -0.2) is 0 Å². The molecular formula is C28H18N2. The van der Waals surface area contributed by atoms with Crippen LogP contribution in [0, 0.1) is 22.7 Å². The molecule has 30 heavy (non-hydrogen) atoms. The SMILES string of the molecule is N#Cc1ccc(/C=C/c2ccc3ccc(/C=C/c4ccc(C#N)cc4)cc3c2)cc1. The third kappa shape index (κ3) is 4.53. The first kappa shape index (κ1) is 18.9. The fourth-order valence-corrected chi connectivity index (χ4v) is 3.21. The second kappa shape index (κ2) is 8.74. The smallest absolute Gasteiger partial charge is 0.0991 e. The minimum absolute atomic E-state index is 0.666. The van der Waals surface area contributed by atoms with E-state index in [1.807, 2.05) is 48.5 Å². The number of benzene rings is 4. The molecule has 2 nitrogen and oxygen atoms in total. The summed E-state index contributed by atoms with van der Waals surface area (Å²) in [5.41, 5.74) is 5.71. The Balaban J connectivity index is 1.55. The summed E-state index contributed by atoms with van der Waals surface area (Å²) in [6.45, 7) is 0. The third-order valence-electron chi connectivity index (χ3n) is 4.90. The molecule has 4 rings (SSSR count). The predicted octanol–water partition coefficient (Wildman–Crippen LogP) is 6.92. The topological polar surface area (TPSA) is 47.6 Å². The second-order valence-corrected chi connectivity index (χ2v) is 7.00. The highest BCUT2D eigenvalue weighted by Crippen LogP contribution is 2.21. The van der Waals surface area contributed by atoms with Crippen molar-refractivity contribution >= 4 is 35.1 Å². The van der Waals surface area contributed by atoms with Gasteiger partial charge in [0.25, 0.3) is 0 Å². The molecule has 0 aliphatic heterocycles. The van der Waals surface area contributed by atoms with Crippen molar-refractivity contribution in [1.29, 1.82) is 10.5 Å². The van der Waals surface area contributed by atoms with E-state index in [0.717, 1.165) is 22.3 Å². The van der Waals surface area contributed by atoms with Gasteiger partial charge in [0.2, 0.25) is 0 Å². The first-order valence-corrected chi connectivity index (χ1v) is 9.64. The molecule has 0 saturated heterocycles. The van der Waals surface area contributed by atoms with Gasteiger partial charge in [0.05, 0.1) is 23.3 Å². The number of nitriles is 2. The molecule has 2 heteroatoms. The Morgan fingerprint density at radius 1 is 0.433 bits per heavy atom. The molecule has 0 spiro atoms. The van der Waals surface area contributed by atoms with Crippen molar-refractivity contribution in [3.63, 3.8) is 0 Å². The molecule has 0 heterocycles. The first-order chi connectivity index (χ1) is 14.7. The maximum Gasteiger partial charge on any atom is 0.0991 e. The Morgan fingerprint density at radius 3 is 1.20 bits per heavy atom. The Kier molecular flexibility index (Phi) is 5.52. The van der Waals surface area contributed by atoms with Gasteiger partial charge in [0.1, 0.15) is 0 Å². The summed E-state index contributed by atoms with van der Waals surface area (Å²) in [5, 5.41) is 20.2. The molecular weight excluding hydrogens is 364 g/mol. The van der Waals surface area contributed by atoms with Crippen LogP contribution in [0.5, 0.6) is 0 Å². The zero-order valence-corrected chi connectivity index (χ0v) is 16.3. The van der Waals surface area contributed by atoms with Crippen LogP contribution in [0.25, 0.3) is 35.1 Å². The van der Waals surface area contributed by atoms with Crippen LogP contribution in [-0.2, 0) is 0 Å². The van der Waals surface area contributed by atoms with Gasteiger partial charge in [-0.1, -0.05) is 72.8 Å².